The quantitative estimate of drug-likeness (QED) is 0.679. The van der Waals surface area contributed by atoms with Crippen molar-refractivity contribution in [3.63, 3.8) is 0 Å². The van der Waals surface area contributed by atoms with Crippen LogP contribution in [-0.2, 0) is 0 Å². The molecule has 1 saturated heterocycles. The molecule has 2 heterocycles. The number of rotatable bonds is 1. The third-order valence-corrected chi connectivity index (χ3v) is 3.35. The number of H-pyrrole nitrogens is 1. The molecule has 4 nitrogen and oxygen atoms in total. The van der Waals surface area contributed by atoms with Crippen LogP contribution in [0, 0.1) is 5.92 Å². The summed E-state index contributed by atoms with van der Waals surface area (Å²) in [5.74, 6) is 2.36. The molecule has 1 aliphatic heterocycles. The number of benzene rings is 1. The van der Waals surface area contributed by atoms with E-state index in [1.165, 1.54) is 0 Å². The van der Waals surface area contributed by atoms with Crippen LogP contribution in [0.2, 0.25) is 0 Å². The molecule has 0 amide bonds. The normalized spacial score (nSPS) is 25.3. The van der Waals surface area contributed by atoms with Crippen LogP contribution in [0.4, 0.5) is 0 Å². The van der Waals surface area contributed by atoms with Gasteiger partial charge in [-0.3, -0.25) is 0 Å². The van der Waals surface area contributed by atoms with E-state index >= 15 is 0 Å². The zero-order chi connectivity index (χ0) is 11.1. The SMILES string of the molecule is CC1CNCC1c1nc2ccc(O)cc2[nH]1. The van der Waals surface area contributed by atoms with Gasteiger partial charge in [0.15, 0.2) is 0 Å². The van der Waals surface area contributed by atoms with E-state index in [0.29, 0.717) is 11.8 Å². The van der Waals surface area contributed by atoms with E-state index in [0.717, 1.165) is 29.9 Å². The molecular formula is C12H15N3O. The molecule has 0 spiro atoms. The molecule has 2 atom stereocenters. The second kappa shape index (κ2) is 3.49. The molecule has 16 heavy (non-hydrogen) atoms. The van der Waals surface area contributed by atoms with Crippen molar-refractivity contribution in [2.75, 3.05) is 13.1 Å². The number of nitrogens with zero attached hydrogens (tertiary/aromatic N) is 1. The summed E-state index contributed by atoms with van der Waals surface area (Å²) in [4.78, 5) is 7.88. The van der Waals surface area contributed by atoms with Crippen molar-refractivity contribution in [2.24, 2.45) is 5.92 Å². The average molecular weight is 217 g/mol. The smallest absolute Gasteiger partial charge is 0.117 e. The lowest BCUT2D eigenvalue weighted by atomic mass is 9.98. The second-order valence-corrected chi connectivity index (χ2v) is 4.57. The molecule has 2 unspecified atom stereocenters. The molecule has 1 aromatic heterocycles. The van der Waals surface area contributed by atoms with Crippen molar-refractivity contribution in [2.45, 2.75) is 12.8 Å². The summed E-state index contributed by atoms with van der Waals surface area (Å²) in [5.41, 5.74) is 1.83. The largest absolute Gasteiger partial charge is 0.508 e. The number of aromatic nitrogens is 2. The highest BCUT2D eigenvalue weighted by Gasteiger charge is 2.27. The van der Waals surface area contributed by atoms with Gasteiger partial charge >= 0.3 is 0 Å². The molecule has 0 bridgehead atoms. The molecule has 1 aliphatic rings. The molecule has 84 valence electrons. The van der Waals surface area contributed by atoms with Crippen molar-refractivity contribution < 1.29 is 5.11 Å². The number of aromatic hydroxyl groups is 1. The van der Waals surface area contributed by atoms with Gasteiger partial charge in [-0.15, -0.1) is 0 Å². The van der Waals surface area contributed by atoms with E-state index in [9.17, 15) is 5.11 Å². The minimum absolute atomic E-state index is 0.278. The highest BCUT2D eigenvalue weighted by molar-refractivity contribution is 5.76. The first-order chi connectivity index (χ1) is 7.74. The van der Waals surface area contributed by atoms with Gasteiger partial charge in [0.25, 0.3) is 0 Å². The third-order valence-electron chi connectivity index (χ3n) is 3.35. The van der Waals surface area contributed by atoms with Gasteiger partial charge in [0.1, 0.15) is 11.6 Å². The van der Waals surface area contributed by atoms with Gasteiger partial charge in [-0.1, -0.05) is 6.92 Å². The standard InChI is InChI=1S/C12H15N3O/c1-7-5-13-6-9(7)12-14-10-3-2-8(16)4-11(10)15-12/h2-4,7,9,13,16H,5-6H2,1H3,(H,14,15). The maximum atomic E-state index is 9.40. The Labute approximate surface area is 93.7 Å². The number of nitrogens with one attached hydrogen (secondary N) is 2. The van der Waals surface area contributed by atoms with Crippen LogP contribution in [0.15, 0.2) is 18.2 Å². The number of hydrogen-bond acceptors (Lipinski definition) is 3. The molecule has 3 N–H and O–H groups in total. The predicted octanol–water partition coefficient (Wildman–Crippen LogP) is 1.59. The Bertz CT molecular complexity index is 520. The van der Waals surface area contributed by atoms with Gasteiger partial charge in [0.2, 0.25) is 0 Å². The zero-order valence-electron chi connectivity index (χ0n) is 9.20. The van der Waals surface area contributed by atoms with Crippen molar-refractivity contribution in [3.05, 3.63) is 24.0 Å². The first-order valence-corrected chi connectivity index (χ1v) is 5.63. The van der Waals surface area contributed by atoms with Crippen LogP contribution in [0.5, 0.6) is 5.75 Å². The fourth-order valence-corrected chi connectivity index (χ4v) is 2.37. The van der Waals surface area contributed by atoms with Gasteiger partial charge in [-0.05, 0) is 24.6 Å². The van der Waals surface area contributed by atoms with Crippen LogP contribution in [-0.4, -0.2) is 28.2 Å². The lowest BCUT2D eigenvalue weighted by Crippen LogP contribution is -2.09. The fourth-order valence-electron chi connectivity index (χ4n) is 2.37. The third kappa shape index (κ3) is 1.46. The minimum Gasteiger partial charge on any atom is -0.508 e. The maximum absolute atomic E-state index is 9.40. The summed E-state index contributed by atoms with van der Waals surface area (Å²) < 4.78 is 0. The van der Waals surface area contributed by atoms with Gasteiger partial charge in [0.05, 0.1) is 11.0 Å². The van der Waals surface area contributed by atoms with Crippen molar-refractivity contribution in [1.29, 1.82) is 0 Å². The highest BCUT2D eigenvalue weighted by Crippen LogP contribution is 2.28. The summed E-state index contributed by atoms with van der Waals surface area (Å²) in [6.07, 6.45) is 0. The number of aromatic amines is 1. The van der Waals surface area contributed by atoms with Crippen LogP contribution in [0.25, 0.3) is 11.0 Å². The number of phenols is 1. The van der Waals surface area contributed by atoms with E-state index in [-0.39, 0.29) is 5.75 Å². The monoisotopic (exact) mass is 217 g/mol. The number of fused-ring (bicyclic) bond motifs is 1. The second-order valence-electron chi connectivity index (χ2n) is 4.57. The predicted molar refractivity (Wildman–Crippen MR) is 62.5 cm³/mol. The van der Waals surface area contributed by atoms with E-state index in [2.05, 4.69) is 22.2 Å². The first-order valence-electron chi connectivity index (χ1n) is 5.63. The van der Waals surface area contributed by atoms with Crippen LogP contribution < -0.4 is 5.32 Å². The van der Waals surface area contributed by atoms with E-state index < -0.39 is 0 Å². The Balaban J connectivity index is 2.04. The topological polar surface area (TPSA) is 60.9 Å². The molecule has 0 saturated carbocycles. The van der Waals surface area contributed by atoms with Gasteiger partial charge in [0, 0.05) is 18.5 Å². The van der Waals surface area contributed by atoms with E-state index in [1.807, 2.05) is 6.07 Å². The van der Waals surface area contributed by atoms with Crippen molar-refractivity contribution in [3.8, 4) is 5.75 Å². The molecule has 2 aromatic rings. The Morgan fingerprint density at radius 2 is 2.25 bits per heavy atom. The highest BCUT2D eigenvalue weighted by atomic mass is 16.3. The molecule has 1 aromatic carbocycles. The molecule has 0 radical (unpaired) electrons. The molecular weight excluding hydrogens is 202 g/mol. The van der Waals surface area contributed by atoms with Crippen molar-refractivity contribution >= 4 is 11.0 Å². The molecule has 0 aliphatic carbocycles. The average Bonchev–Trinajstić information content (AvgIpc) is 2.82. The minimum atomic E-state index is 0.278. The van der Waals surface area contributed by atoms with Crippen molar-refractivity contribution in [1.82, 2.24) is 15.3 Å². The van der Waals surface area contributed by atoms with Gasteiger partial charge in [-0.25, -0.2) is 4.98 Å². The lowest BCUT2D eigenvalue weighted by molar-refractivity contribution is 0.476. The summed E-state index contributed by atoms with van der Waals surface area (Å²) in [5, 5.41) is 12.8. The summed E-state index contributed by atoms with van der Waals surface area (Å²) in [7, 11) is 0. The molecule has 1 fully saturated rings. The Hall–Kier alpha value is -1.55. The zero-order valence-corrected chi connectivity index (χ0v) is 9.20. The number of imidazole rings is 1. The lowest BCUT2D eigenvalue weighted by Gasteiger charge is -2.09. The summed E-state index contributed by atoms with van der Waals surface area (Å²) in [6, 6.07) is 5.24. The Morgan fingerprint density at radius 1 is 1.38 bits per heavy atom. The van der Waals surface area contributed by atoms with Gasteiger partial charge in [-0.2, -0.15) is 0 Å². The Kier molecular flexibility index (Phi) is 2.11. The maximum Gasteiger partial charge on any atom is 0.117 e. The first kappa shape index (κ1) is 9.66. The summed E-state index contributed by atoms with van der Waals surface area (Å²) in [6.45, 7) is 4.26. The Morgan fingerprint density at radius 3 is 3.00 bits per heavy atom. The van der Waals surface area contributed by atoms with E-state index in [4.69, 9.17) is 0 Å². The number of phenolic OH excluding ortho intramolecular Hbond substituents is 1. The van der Waals surface area contributed by atoms with Crippen LogP contribution in [0.1, 0.15) is 18.7 Å². The summed E-state index contributed by atoms with van der Waals surface area (Å²) >= 11 is 0. The van der Waals surface area contributed by atoms with Crippen LogP contribution >= 0.6 is 0 Å². The van der Waals surface area contributed by atoms with E-state index in [1.54, 1.807) is 12.1 Å². The molecule has 4 heteroatoms. The fraction of sp³-hybridized carbons (Fsp3) is 0.417. The van der Waals surface area contributed by atoms with Crippen LogP contribution in [0.3, 0.4) is 0 Å². The van der Waals surface area contributed by atoms with Gasteiger partial charge < -0.3 is 15.4 Å². The molecule has 3 rings (SSSR count). The number of hydrogen-bond donors (Lipinski definition) is 3.